The zero-order valence-corrected chi connectivity index (χ0v) is 20.4. The van der Waals surface area contributed by atoms with Crippen molar-refractivity contribution < 1.29 is 19.2 Å². The van der Waals surface area contributed by atoms with Crippen LogP contribution in [-0.2, 0) is 16.1 Å². The predicted octanol–water partition coefficient (Wildman–Crippen LogP) is 1.93. The molecule has 6 rings (SSSR count). The molecule has 2 saturated heterocycles. The van der Waals surface area contributed by atoms with E-state index in [0.29, 0.717) is 35.8 Å². The van der Waals surface area contributed by atoms with Crippen LogP contribution in [0.15, 0.2) is 24.4 Å². The van der Waals surface area contributed by atoms with Crippen LogP contribution < -0.4 is 5.32 Å². The molecule has 0 spiro atoms. The first-order valence-corrected chi connectivity index (χ1v) is 12.9. The van der Waals surface area contributed by atoms with E-state index in [9.17, 15) is 19.2 Å². The highest BCUT2D eigenvalue weighted by atomic mass is 16.2. The molecule has 1 aromatic carbocycles. The molecule has 1 aliphatic carbocycles. The van der Waals surface area contributed by atoms with Gasteiger partial charge in [-0.25, -0.2) is 4.68 Å². The first-order chi connectivity index (χ1) is 17.4. The number of aromatic nitrogens is 3. The number of nitrogens with one attached hydrogen (secondary N) is 1. The lowest BCUT2D eigenvalue weighted by Crippen LogP contribution is -2.53. The molecule has 4 aliphatic rings. The maximum absolute atomic E-state index is 13.1. The van der Waals surface area contributed by atoms with Gasteiger partial charge in [-0.05, 0) is 48.3 Å². The molecule has 0 radical (unpaired) electrons. The minimum Gasteiger partial charge on any atom is -0.336 e. The number of amides is 4. The van der Waals surface area contributed by atoms with Crippen LogP contribution in [0.2, 0.25) is 0 Å². The van der Waals surface area contributed by atoms with E-state index >= 15 is 0 Å². The second kappa shape index (κ2) is 8.83. The molecule has 1 aromatic heterocycles. The van der Waals surface area contributed by atoms with Gasteiger partial charge in [0, 0.05) is 31.6 Å². The van der Waals surface area contributed by atoms with Crippen LogP contribution in [-0.4, -0.2) is 67.6 Å². The Morgan fingerprint density at radius 1 is 1.08 bits per heavy atom. The molecular weight excluding hydrogens is 460 g/mol. The van der Waals surface area contributed by atoms with Crippen LogP contribution in [0.4, 0.5) is 0 Å². The van der Waals surface area contributed by atoms with Gasteiger partial charge in [0.1, 0.15) is 6.04 Å². The molecule has 3 fully saturated rings. The van der Waals surface area contributed by atoms with E-state index in [4.69, 9.17) is 0 Å². The SMILES string of the molecule is CC1CCCC(C2CN(C(=O)c3cn(-c4ccc5c(c4)C(=O)N(C4CCC(=O)NC4=O)C5)nn3)C2)C1. The molecular formula is C26H30N6O4. The van der Waals surface area contributed by atoms with E-state index in [1.807, 2.05) is 17.0 Å². The van der Waals surface area contributed by atoms with E-state index in [1.165, 1.54) is 35.3 Å². The summed E-state index contributed by atoms with van der Waals surface area (Å²) >= 11 is 0. The van der Waals surface area contributed by atoms with Crippen LogP contribution in [0.25, 0.3) is 5.69 Å². The normalized spacial score (nSPS) is 26.6. The van der Waals surface area contributed by atoms with Gasteiger partial charge in [0.25, 0.3) is 11.8 Å². The number of likely N-dealkylation sites (tertiary alicyclic amines) is 1. The average Bonchev–Trinajstić information content (AvgIpc) is 3.43. The van der Waals surface area contributed by atoms with Crippen LogP contribution in [0.1, 0.15) is 71.9 Å². The monoisotopic (exact) mass is 490 g/mol. The van der Waals surface area contributed by atoms with Gasteiger partial charge >= 0.3 is 0 Å². The standard InChI is InChI=1S/C26H30N6O4/c1-15-3-2-4-16(9-15)18-11-30(12-18)26(36)21-14-32(29-28-21)19-6-5-17-13-31(25(35)20(17)10-19)22-7-8-23(33)27-24(22)34/h5-6,10,14-16,18,22H,2-4,7-9,11-13H2,1H3,(H,27,33,34). The largest absolute Gasteiger partial charge is 0.336 e. The van der Waals surface area contributed by atoms with Gasteiger partial charge in [-0.3, -0.25) is 24.5 Å². The van der Waals surface area contributed by atoms with Crippen molar-refractivity contribution in [2.24, 2.45) is 17.8 Å². The number of hydrogen-bond donors (Lipinski definition) is 1. The fourth-order valence-corrected chi connectivity index (χ4v) is 6.22. The number of rotatable bonds is 4. The Morgan fingerprint density at radius 2 is 1.92 bits per heavy atom. The number of carbonyl (C=O) groups is 4. The predicted molar refractivity (Wildman–Crippen MR) is 128 cm³/mol. The highest BCUT2D eigenvalue weighted by molar-refractivity contribution is 6.05. The Balaban J connectivity index is 1.12. The van der Waals surface area contributed by atoms with Gasteiger partial charge in [-0.15, -0.1) is 5.10 Å². The van der Waals surface area contributed by atoms with Crippen molar-refractivity contribution >= 4 is 23.6 Å². The highest BCUT2D eigenvalue weighted by Crippen LogP contribution is 2.38. The summed E-state index contributed by atoms with van der Waals surface area (Å²) in [7, 11) is 0. The second-order valence-electron chi connectivity index (χ2n) is 10.8. The smallest absolute Gasteiger partial charge is 0.276 e. The summed E-state index contributed by atoms with van der Waals surface area (Å²) in [6, 6.07) is 4.73. The summed E-state index contributed by atoms with van der Waals surface area (Å²) in [5.74, 6) is 0.988. The number of fused-ring (bicyclic) bond motifs is 1. The zero-order chi connectivity index (χ0) is 25.0. The number of hydrogen-bond acceptors (Lipinski definition) is 6. The molecule has 10 nitrogen and oxygen atoms in total. The van der Waals surface area contributed by atoms with Crippen molar-refractivity contribution in [1.29, 1.82) is 0 Å². The Bertz CT molecular complexity index is 1250. The second-order valence-corrected chi connectivity index (χ2v) is 10.8. The van der Waals surface area contributed by atoms with E-state index in [-0.39, 0.29) is 24.1 Å². The molecule has 3 atom stereocenters. The molecule has 4 heterocycles. The lowest BCUT2D eigenvalue weighted by atomic mass is 9.73. The van der Waals surface area contributed by atoms with E-state index in [1.54, 1.807) is 12.3 Å². The van der Waals surface area contributed by atoms with Gasteiger partial charge in [0.15, 0.2) is 5.69 Å². The Morgan fingerprint density at radius 3 is 2.69 bits per heavy atom. The van der Waals surface area contributed by atoms with E-state index in [0.717, 1.165) is 30.5 Å². The van der Waals surface area contributed by atoms with Gasteiger partial charge in [-0.2, -0.15) is 0 Å². The number of piperidine rings is 1. The quantitative estimate of drug-likeness (QED) is 0.655. The van der Waals surface area contributed by atoms with Crippen molar-refractivity contribution in [2.45, 2.75) is 58.0 Å². The first kappa shape index (κ1) is 22.9. The summed E-state index contributed by atoms with van der Waals surface area (Å²) in [6.07, 6.45) is 7.29. The van der Waals surface area contributed by atoms with Crippen LogP contribution in [0.5, 0.6) is 0 Å². The third kappa shape index (κ3) is 3.98. The van der Waals surface area contributed by atoms with E-state index in [2.05, 4.69) is 22.6 Å². The van der Waals surface area contributed by atoms with Crippen molar-refractivity contribution in [3.05, 3.63) is 41.2 Å². The molecule has 2 aromatic rings. The van der Waals surface area contributed by atoms with Gasteiger partial charge < -0.3 is 9.80 Å². The van der Waals surface area contributed by atoms with Gasteiger partial charge in [0.05, 0.1) is 11.9 Å². The summed E-state index contributed by atoms with van der Waals surface area (Å²) in [5, 5.41) is 10.6. The lowest BCUT2D eigenvalue weighted by Gasteiger charge is -2.45. The molecule has 36 heavy (non-hydrogen) atoms. The van der Waals surface area contributed by atoms with Gasteiger partial charge in [-0.1, -0.05) is 37.5 Å². The van der Waals surface area contributed by atoms with Crippen molar-refractivity contribution in [2.75, 3.05) is 13.1 Å². The topological polar surface area (TPSA) is 118 Å². The Kier molecular flexibility index (Phi) is 5.61. The maximum Gasteiger partial charge on any atom is 0.276 e. The Hall–Kier alpha value is -3.56. The highest BCUT2D eigenvalue weighted by Gasteiger charge is 2.40. The molecule has 4 amide bonds. The average molecular weight is 491 g/mol. The minimum atomic E-state index is -0.654. The van der Waals surface area contributed by atoms with Crippen LogP contribution in [0.3, 0.4) is 0 Å². The third-order valence-electron chi connectivity index (χ3n) is 8.33. The minimum absolute atomic E-state index is 0.109. The third-order valence-corrected chi connectivity index (χ3v) is 8.33. The zero-order valence-electron chi connectivity index (χ0n) is 20.4. The summed E-state index contributed by atoms with van der Waals surface area (Å²) < 4.78 is 1.51. The fraction of sp³-hybridized carbons (Fsp3) is 0.538. The Labute approximate surface area is 209 Å². The van der Waals surface area contributed by atoms with Crippen molar-refractivity contribution in [3.63, 3.8) is 0 Å². The number of carbonyl (C=O) groups excluding carboxylic acids is 4. The molecule has 1 saturated carbocycles. The van der Waals surface area contributed by atoms with Crippen LogP contribution >= 0.6 is 0 Å². The summed E-state index contributed by atoms with van der Waals surface area (Å²) in [6.45, 7) is 4.21. The fourth-order valence-electron chi connectivity index (χ4n) is 6.22. The first-order valence-electron chi connectivity index (χ1n) is 12.9. The van der Waals surface area contributed by atoms with Gasteiger partial charge in [0.2, 0.25) is 11.8 Å². The molecule has 3 unspecified atom stereocenters. The summed E-state index contributed by atoms with van der Waals surface area (Å²) in [4.78, 5) is 53.2. The molecule has 10 heteroatoms. The molecule has 0 bridgehead atoms. The lowest BCUT2D eigenvalue weighted by molar-refractivity contribution is -0.136. The number of nitrogens with zero attached hydrogens (tertiary/aromatic N) is 5. The van der Waals surface area contributed by atoms with Crippen molar-refractivity contribution in [1.82, 2.24) is 30.1 Å². The summed E-state index contributed by atoms with van der Waals surface area (Å²) in [5.41, 5.74) is 2.22. The van der Waals surface area contributed by atoms with Crippen LogP contribution in [0, 0.1) is 17.8 Å². The molecule has 3 aliphatic heterocycles. The van der Waals surface area contributed by atoms with Crippen molar-refractivity contribution in [3.8, 4) is 5.69 Å². The maximum atomic E-state index is 13.1. The molecule has 188 valence electrons. The number of benzene rings is 1. The van der Waals surface area contributed by atoms with E-state index < -0.39 is 11.9 Å². The number of imide groups is 1. The molecule has 1 N–H and O–H groups in total.